The van der Waals surface area contributed by atoms with Crippen molar-refractivity contribution >= 4 is 17.6 Å². The van der Waals surface area contributed by atoms with Crippen LogP contribution in [0.5, 0.6) is 0 Å². The Kier molecular flexibility index (Phi) is 4.45. The number of carbonyl (C=O) groups excluding carboxylic acids is 2. The zero-order chi connectivity index (χ0) is 16.2. The van der Waals surface area contributed by atoms with Gasteiger partial charge in [-0.3, -0.25) is 14.3 Å². The molecular formula is C16H20N4O3. The maximum absolute atomic E-state index is 12.3. The van der Waals surface area contributed by atoms with Gasteiger partial charge in [0, 0.05) is 45.1 Å². The second-order valence-corrected chi connectivity index (χ2v) is 5.72. The van der Waals surface area contributed by atoms with Gasteiger partial charge in [-0.2, -0.15) is 5.10 Å². The molecule has 7 nitrogen and oxygen atoms in total. The van der Waals surface area contributed by atoms with Crippen molar-refractivity contribution in [1.82, 2.24) is 14.7 Å². The van der Waals surface area contributed by atoms with Gasteiger partial charge in [-0.25, -0.2) is 0 Å². The van der Waals surface area contributed by atoms with Gasteiger partial charge in [0.2, 0.25) is 11.8 Å². The van der Waals surface area contributed by atoms with Gasteiger partial charge in [-0.05, 0) is 18.6 Å². The van der Waals surface area contributed by atoms with E-state index in [1.807, 2.05) is 27.9 Å². The number of aryl methyl sites for hydroxylation is 1. The summed E-state index contributed by atoms with van der Waals surface area (Å²) in [6, 6.07) is 5.64. The smallest absolute Gasteiger partial charge is 0.223 e. The van der Waals surface area contributed by atoms with E-state index in [-0.39, 0.29) is 17.9 Å². The normalized spacial score (nSPS) is 17.4. The van der Waals surface area contributed by atoms with Crippen molar-refractivity contribution in [1.29, 1.82) is 0 Å². The zero-order valence-electron chi connectivity index (χ0n) is 13.1. The quantitative estimate of drug-likeness (QED) is 0.912. The van der Waals surface area contributed by atoms with E-state index in [4.69, 9.17) is 4.42 Å². The zero-order valence-corrected chi connectivity index (χ0v) is 13.1. The van der Waals surface area contributed by atoms with Crippen molar-refractivity contribution in [3.63, 3.8) is 0 Å². The molecule has 122 valence electrons. The minimum Gasteiger partial charge on any atom is -0.469 e. The largest absolute Gasteiger partial charge is 0.469 e. The first-order chi connectivity index (χ1) is 11.1. The molecule has 0 aliphatic carbocycles. The van der Waals surface area contributed by atoms with E-state index in [1.54, 1.807) is 12.3 Å². The molecule has 3 rings (SSSR count). The molecule has 1 N–H and O–H groups in total. The number of hydrogen-bond acceptors (Lipinski definition) is 4. The van der Waals surface area contributed by atoms with Crippen LogP contribution in [-0.2, 0) is 16.0 Å². The highest BCUT2D eigenvalue weighted by atomic mass is 16.3. The average molecular weight is 316 g/mol. The Bertz CT molecular complexity index is 677. The van der Waals surface area contributed by atoms with E-state index < -0.39 is 0 Å². The van der Waals surface area contributed by atoms with Crippen molar-refractivity contribution in [2.75, 3.05) is 18.4 Å². The summed E-state index contributed by atoms with van der Waals surface area (Å²) in [5, 5.41) is 7.00. The molecule has 0 radical (unpaired) electrons. The summed E-state index contributed by atoms with van der Waals surface area (Å²) < 4.78 is 7.08. The first-order valence-electron chi connectivity index (χ1n) is 7.75. The maximum atomic E-state index is 12.3. The highest BCUT2D eigenvalue weighted by Crippen LogP contribution is 2.22. The van der Waals surface area contributed by atoms with E-state index in [1.165, 1.54) is 6.92 Å². The summed E-state index contributed by atoms with van der Waals surface area (Å²) in [6.45, 7) is 2.84. The average Bonchev–Trinajstić information content (AvgIpc) is 3.24. The van der Waals surface area contributed by atoms with Crippen molar-refractivity contribution in [2.24, 2.45) is 0 Å². The molecular weight excluding hydrogens is 296 g/mol. The van der Waals surface area contributed by atoms with Gasteiger partial charge in [0.25, 0.3) is 0 Å². The fraction of sp³-hybridized carbons (Fsp3) is 0.438. The molecule has 3 heterocycles. The van der Waals surface area contributed by atoms with E-state index in [9.17, 15) is 9.59 Å². The highest BCUT2D eigenvalue weighted by molar-refractivity contribution is 5.87. The van der Waals surface area contributed by atoms with Crippen LogP contribution in [0.4, 0.5) is 5.82 Å². The van der Waals surface area contributed by atoms with Crippen LogP contribution < -0.4 is 5.32 Å². The molecule has 1 atom stereocenters. The number of anilines is 1. The Hall–Kier alpha value is -2.57. The maximum Gasteiger partial charge on any atom is 0.223 e. The summed E-state index contributed by atoms with van der Waals surface area (Å²) in [5.74, 6) is 1.37. The third kappa shape index (κ3) is 3.80. The van der Waals surface area contributed by atoms with Crippen LogP contribution in [0.2, 0.25) is 0 Å². The number of amides is 2. The molecule has 2 aromatic heterocycles. The number of nitrogens with zero attached hydrogens (tertiary/aromatic N) is 3. The summed E-state index contributed by atoms with van der Waals surface area (Å²) in [5.41, 5.74) is 0. The second kappa shape index (κ2) is 6.68. The highest BCUT2D eigenvalue weighted by Gasteiger charge is 2.27. The van der Waals surface area contributed by atoms with Crippen molar-refractivity contribution < 1.29 is 14.0 Å². The third-order valence-corrected chi connectivity index (χ3v) is 3.97. The van der Waals surface area contributed by atoms with Crippen LogP contribution >= 0.6 is 0 Å². The number of aromatic nitrogens is 2. The number of likely N-dealkylation sites (tertiary alicyclic amines) is 1. The fourth-order valence-electron chi connectivity index (χ4n) is 2.82. The molecule has 1 saturated heterocycles. The van der Waals surface area contributed by atoms with Gasteiger partial charge in [-0.1, -0.05) is 0 Å². The Morgan fingerprint density at radius 2 is 2.30 bits per heavy atom. The number of nitrogens with one attached hydrogen (secondary N) is 1. The minimum atomic E-state index is -0.142. The van der Waals surface area contributed by atoms with Gasteiger partial charge in [0.15, 0.2) is 5.82 Å². The number of carbonyl (C=O) groups is 2. The molecule has 1 fully saturated rings. The van der Waals surface area contributed by atoms with Crippen molar-refractivity contribution in [3.05, 3.63) is 36.4 Å². The molecule has 1 aliphatic heterocycles. The molecule has 7 heteroatoms. The predicted molar refractivity (Wildman–Crippen MR) is 83.8 cm³/mol. The molecule has 0 spiro atoms. The van der Waals surface area contributed by atoms with Crippen LogP contribution in [0.3, 0.4) is 0 Å². The molecule has 23 heavy (non-hydrogen) atoms. The van der Waals surface area contributed by atoms with Crippen molar-refractivity contribution in [2.45, 2.75) is 32.2 Å². The van der Waals surface area contributed by atoms with Gasteiger partial charge in [0.1, 0.15) is 5.76 Å². The first kappa shape index (κ1) is 15.3. The van der Waals surface area contributed by atoms with Gasteiger partial charge in [0.05, 0.1) is 12.3 Å². The Labute approximate surface area is 134 Å². The van der Waals surface area contributed by atoms with Gasteiger partial charge in [-0.15, -0.1) is 0 Å². The van der Waals surface area contributed by atoms with Crippen LogP contribution in [0.1, 0.15) is 31.6 Å². The van der Waals surface area contributed by atoms with Crippen LogP contribution in [0, 0.1) is 0 Å². The van der Waals surface area contributed by atoms with E-state index in [2.05, 4.69) is 10.4 Å². The molecule has 0 bridgehead atoms. The Balaban J connectivity index is 1.52. The van der Waals surface area contributed by atoms with Crippen LogP contribution in [0.15, 0.2) is 35.1 Å². The number of rotatable bonds is 5. The molecule has 1 aliphatic rings. The topological polar surface area (TPSA) is 80.4 Å². The van der Waals surface area contributed by atoms with E-state index in [0.29, 0.717) is 25.2 Å². The predicted octanol–water partition coefficient (Wildman–Crippen LogP) is 1.84. The molecule has 2 amide bonds. The molecule has 0 saturated carbocycles. The summed E-state index contributed by atoms with van der Waals surface area (Å²) in [6.07, 6.45) is 5.41. The van der Waals surface area contributed by atoms with Gasteiger partial charge < -0.3 is 14.6 Å². The molecule has 2 aromatic rings. The lowest BCUT2D eigenvalue weighted by Gasteiger charge is -2.16. The standard InChI is InChI=1S/C16H20N4O3/c1-12(21)17-15-7-9-20(18-15)13-6-8-19(11-13)16(22)5-4-14-3-2-10-23-14/h2-3,7,9-10,13H,4-6,8,11H2,1H3,(H,17,18,21). The lowest BCUT2D eigenvalue weighted by molar-refractivity contribution is -0.130. The molecule has 0 aromatic carbocycles. The monoisotopic (exact) mass is 316 g/mol. The summed E-state index contributed by atoms with van der Waals surface area (Å²) in [4.78, 5) is 25.2. The van der Waals surface area contributed by atoms with Crippen LogP contribution in [0.25, 0.3) is 0 Å². The Morgan fingerprint density at radius 3 is 3.04 bits per heavy atom. The number of furan rings is 1. The second-order valence-electron chi connectivity index (χ2n) is 5.72. The third-order valence-electron chi connectivity index (χ3n) is 3.97. The SMILES string of the molecule is CC(=O)Nc1ccn(C2CCN(C(=O)CCc3ccco3)C2)n1. The van der Waals surface area contributed by atoms with Crippen LogP contribution in [-0.4, -0.2) is 39.6 Å². The lowest BCUT2D eigenvalue weighted by Crippen LogP contribution is -2.29. The van der Waals surface area contributed by atoms with Gasteiger partial charge >= 0.3 is 0 Å². The fourth-order valence-corrected chi connectivity index (χ4v) is 2.82. The minimum absolute atomic E-state index is 0.137. The van der Waals surface area contributed by atoms with E-state index in [0.717, 1.165) is 18.7 Å². The summed E-state index contributed by atoms with van der Waals surface area (Å²) in [7, 11) is 0. The van der Waals surface area contributed by atoms with E-state index >= 15 is 0 Å². The molecule has 1 unspecified atom stereocenters. The summed E-state index contributed by atoms with van der Waals surface area (Å²) >= 11 is 0. The Morgan fingerprint density at radius 1 is 1.43 bits per heavy atom. The number of hydrogen-bond donors (Lipinski definition) is 1. The van der Waals surface area contributed by atoms with Crippen molar-refractivity contribution in [3.8, 4) is 0 Å². The lowest BCUT2D eigenvalue weighted by atomic mass is 10.2. The first-order valence-corrected chi connectivity index (χ1v) is 7.75.